The fourth-order valence-corrected chi connectivity index (χ4v) is 2.78. The molecule has 6 heteroatoms. The number of hydrogen-bond acceptors (Lipinski definition) is 5. The molecule has 1 aliphatic heterocycles. The molecule has 1 aliphatic rings. The van der Waals surface area contributed by atoms with Crippen molar-refractivity contribution in [2.45, 2.75) is 18.3 Å². The van der Waals surface area contributed by atoms with Gasteiger partial charge in [-0.1, -0.05) is 30.3 Å². The minimum Gasteiger partial charge on any atom is -0.317 e. The summed E-state index contributed by atoms with van der Waals surface area (Å²) in [6, 6.07) is 9.91. The molecule has 2 N–H and O–H groups in total. The highest BCUT2D eigenvalue weighted by atomic mass is 16.2. The minimum atomic E-state index is -0.536. The summed E-state index contributed by atoms with van der Waals surface area (Å²) < 4.78 is 0. The second-order valence-electron chi connectivity index (χ2n) is 5.12. The summed E-state index contributed by atoms with van der Waals surface area (Å²) >= 11 is 0. The summed E-state index contributed by atoms with van der Waals surface area (Å²) in [5.74, 6) is 0.180. The lowest BCUT2D eigenvalue weighted by Gasteiger charge is -2.36. The van der Waals surface area contributed by atoms with Crippen molar-refractivity contribution in [3.8, 4) is 0 Å². The first-order valence-electron chi connectivity index (χ1n) is 7.03. The van der Waals surface area contributed by atoms with Gasteiger partial charge in [0.2, 0.25) is 11.9 Å². The first-order valence-corrected chi connectivity index (χ1v) is 7.03. The van der Waals surface area contributed by atoms with Crippen molar-refractivity contribution < 1.29 is 4.79 Å². The third kappa shape index (κ3) is 2.75. The van der Waals surface area contributed by atoms with Crippen molar-refractivity contribution >= 4 is 11.9 Å². The molecule has 3 rings (SSSR count). The van der Waals surface area contributed by atoms with Gasteiger partial charge in [0, 0.05) is 0 Å². The van der Waals surface area contributed by atoms with E-state index in [4.69, 9.17) is 0 Å². The molecule has 0 atom stereocenters. The number of anilines is 1. The van der Waals surface area contributed by atoms with Crippen molar-refractivity contribution in [3.63, 3.8) is 0 Å². The van der Waals surface area contributed by atoms with Crippen LogP contribution in [0.25, 0.3) is 0 Å². The molecular formula is C15H17N5O. The lowest BCUT2D eigenvalue weighted by molar-refractivity contribution is -0.122. The highest BCUT2D eigenvalue weighted by molar-refractivity contribution is 5.98. The fraction of sp³-hybridized carbons (Fsp3) is 0.333. The van der Waals surface area contributed by atoms with E-state index in [0.717, 1.165) is 31.5 Å². The Morgan fingerprint density at radius 2 is 1.90 bits per heavy atom. The molecule has 1 amide bonds. The van der Waals surface area contributed by atoms with Gasteiger partial charge < -0.3 is 5.32 Å². The number of hydrogen-bond donors (Lipinski definition) is 2. The zero-order valence-corrected chi connectivity index (χ0v) is 11.6. The highest BCUT2D eigenvalue weighted by Crippen LogP contribution is 2.34. The van der Waals surface area contributed by atoms with E-state index in [9.17, 15) is 4.79 Å². The van der Waals surface area contributed by atoms with Crippen LogP contribution in [-0.2, 0) is 10.2 Å². The Balaban J connectivity index is 1.90. The van der Waals surface area contributed by atoms with Gasteiger partial charge in [-0.25, -0.2) is 4.98 Å². The van der Waals surface area contributed by atoms with Crippen LogP contribution < -0.4 is 10.6 Å². The van der Waals surface area contributed by atoms with Crippen LogP contribution in [0.5, 0.6) is 0 Å². The molecule has 0 unspecified atom stereocenters. The molecule has 1 saturated heterocycles. The van der Waals surface area contributed by atoms with Crippen LogP contribution in [0.1, 0.15) is 18.4 Å². The summed E-state index contributed by atoms with van der Waals surface area (Å²) in [4.78, 5) is 16.9. The van der Waals surface area contributed by atoms with Gasteiger partial charge in [-0.3, -0.25) is 10.1 Å². The van der Waals surface area contributed by atoms with Crippen molar-refractivity contribution in [2.24, 2.45) is 0 Å². The lowest BCUT2D eigenvalue weighted by atomic mass is 9.72. The predicted octanol–water partition coefficient (Wildman–Crippen LogP) is 1.13. The van der Waals surface area contributed by atoms with E-state index in [1.807, 2.05) is 30.3 Å². The largest absolute Gasteiger partial charge is 0.317 e. The summed E-state index contributed by atoms with van der Waals surface area (Å²) in [5.41, 5.74) is 0.499. The van der Waals surface area contributed by atoms with Crippen molar-refractivity contribution in [2.75, 3.05) is 18.4 Å². The molecule has 0 radical (unpaired) electrons. The van der Waals surface area contributed by atoms with Gasteiger partial charge >= 0.3 is 0 Å². The van der Waals surface area contributed by atoms with Crippen LogP contribution in [0.4, 0.5) is 5.95 Å². The van der Waals surface area contributed by atoms with Crippen LogP contribution in [0.15, 0.2) is 42.7 Å². The predicted molar refractivity (Wildman–Crippen MR) is 78.7 cm³/mol. The minimum absolute atomic E-state index is 0.0665. The maximum absolute atomic E-state index is 12.8. The number of piperidine rings is 1. The molecule has 1 aromatic heterocycles. The molecular weight excluding hydrogens is 266 g/mol. The fourth-order valence-electron chi connectivity index (χ4n) is 2.78. The van der Waals surface area contributed by atoms with Gasteiger partial charge in [0.25, 0.3) is 0 Å². The molecule has 1 fully saturated rings. The van der Waals surface area contributed by atoms with E-state index in [1.54, 1.807) is 0 Å². The van der Waals surface area contributed by atoms with Crippen molar-refractivity contribution in [3.05, 3.63) is 48.3 Å². The van der Waals surface area contributed by atoms with Gasteiger partial charge in [-0.05, 0) is 31.5 Å². The zero-order valence-electron chi connectivity index (χ0n) is 11.6. The zero-order chi connectivity index (χ0) is 14.5. The molecule has 0 spiro atoms. The number of aromatic nitrogens is 3. The normalized spacial score (nSPS) is 17.1. The van der Waals surface area contributed by atoms with Crippen LogP contribution in [0.3, 0.4) is 0 Å². The number of carbonyl (C=O) groups excluding carboxylic acids is 1. The maximum Gasteiger partial charge on any atom is 0.249 e. The molecule has 1 aromatic carbocycles. The Kier molecular flexibility index (Phi) is 3.87. The van der Waals surface area contributed by atoms with Gasteiger partial charge in [0.05, 0.1) is 17.8 Å². The van der Waals surface area contributed by atoms with Gasteiger partial charge in [0.15, 0.2) is 0 Å². The molecule has 0 aliphatic carbocycles. The standard InChI is InChI=1S/C15H17N5O/c21-13(19-14-17-10-11-18-20-14)15(6-8-16-9-7-15)12-4-2-1-3-5-12/h1-5,10-11,16H,6-9H2,(H,17,19,20,21). The Hall–Kier alpha value is -2.34. The first kappa shape index (κ1) is 13.6. The second-order valence-corrected chi connectivity index (χ2v) is 5.12. The molecule has 108 valence electrons. The number of nitrogens with one attached hydrogen (secondary N) is 2. The van der Waals surface area contributed by atoms with Crippen molar-refractivity contribution in [1.29, 1.82) is 0 Å². The molecule has 0 bridgehead atoms. The Bertz CT molecular complexity index is 596. The molecule has 2 heterocycles. The number of carbonyl (C=O) groups is 1. The number of amides is 1. The Labute approximate surface area is 123 Å². The van der Waals surface area contributed by atoms with Gasteiger partial charge in [0.1, 0.15) is 0 Å². The second kappa shape index (κ2) is 5.97. The molecule has 6 nitrogen and oxygen atoms in total. The topological polar surface area (TPSA) is 79.8 Å². The SMILES string of the molecule is O=C(Nc1nccnn1)C1(c2ccccc2)CCNCC1. The van der Waals surface area contributed by atoms with Crippen LogP contribution in [0.2, 0.25) is 0 Å². The lowest BCUT2D eigenvalue weighted by Crippen LogP contribution is -2.48. The number of nitrogens with zero attached hydrogens (tertiary/aromatic N) is 3. The maximum atomic E-state index is 12.8. The number of benzene rings is 1. The summed E-state index contributed by atoms with van der Waals surface area (Å²) in [5, 5.41) is 13.7. The monoisotopic (exact) mass is 283 g/mol. The summed E-state index contributed by atoms with van der Waals surface area (Å²) in [7, 11) is 0. The average Bonchev–Trinajstić information content (AvgIpc) is 2.57. The summed E-state index contributed by atoms with van der Waals surface area (Å²) in [6.07, 6.45) is 4.50. The van der Waals surface area contributed by atoms with Crippen molar-refractivity contribution in [1.82, 2.24) is 20.5 Å². The van der Waals surface area contributed by atoms with E-state index >= 15 is 0 Å². The van der Waals surface area contributed by atoms with Crippen LogP contribution in [-0.4, -0.2) is 34.2 Å². The van der Waals surface area contributed by atoms with E-state index in [-0.39, 0.29) is 11.9 Å². The van der Waals surface area contributed by atoms with Gasteiger partial charge in [-0.2, -0.15) is 5.10 Å². The van der Waals surface area contributed by atoms with Crippen LogP contribution >= 0.6 is 0 Å². The molecule has 0 saturated carbocycles. The van der Waals surface area contributed by atoms with Crippen LogP contribution in [0, 0.1) is 0 Å². The smallest absolute Gasteiger partial charge is 0.249 e. The molecule has 2 aromatic rings. The molecule has 21 heavy (non-hydrogen) atoms. The highest BCUT2D eigenvalue weighted by Gasteiger charge is 2.41. The van der Waals surface area contributed by atoms with E-state index in [1.165, 1.54) is 12.4 Å². The summed E-state index contributed by atoms with van der Waals surface area (Å²) in [6.45, 7) is 1.63. The van der Waals surface area contributed by atoms with E-state index < -0.39 is 5.41 Å². The van der Waals surface area contributed by atoms with E-state index in [2.05, 4.69) is 25.8 Å². The average molecular weight is 283 g/mol. The van der Waals surface area contributed by atoms with E-state index in [0.29, 0.717) is 0 Å². The van der Waals surface area contributed by atoms with Gasteiger partial charge in [-0.15, -0.1) is 5.10 Å². The third-order valence-electron chi connectivity index (χ3n) is 3.93. The Morgan fingerprint density at radius 1 is 1.14 bits per heavy atom. The Morgan fingerprint density at radius 3 is 2.57 bits per heavy atom. The first-order chi connectivity index (χ1) is 10.3. The third-order valence-corrected chi connectivity index (χ3v) is 3.93. The number of rotatable bonds is 3. The quantitative estimate of drug-likeness (QED) is 0.882.